The highest BCUT2D eigenvalue weighted by atomic mass is 31.2. The van der Waals surface area contributed by atoms with Crippen LogP contribution < -0.4 is 14.4 Å². The number of hydrogen-bond acceptors (Lipinski definition) is 4. The molecule has 0 aromatic heterocycles. The Bertz CT molecular complexity index is 1900. The quantitative estimate of drug-likeness (QED) is 0.154. The summed E-state index contributed by atoms with van der Waals surface area (Å²) in [6.07, 6.45) is 0. The summed E-state index contributed by atoms with van der Waals surface area (Å²) in [5.74, 6) is 0.124. The topological polar surface area (TPSA) is 47.6 Å². The smallest absolute Gasteiger partial charge is 0.414 e. The molecule has 0 amide bonds. The highest BCUT2D eigenvalue weighted by Gasteiger charge is 2.42. The summed E-state index contributed by atoms with van der Waals surface area (Å²) in [6.45, 7) is 0. The molecule has 5 heteroatoms. The SMILES string of the molecule is O=P(Oc1ccccc1)(Oc1ccccc1)C(Nc1ccccc1)c1ccc2ccc3cccc4ccc1c2c34. The Kier molecular flexibility index (Phi) is 6.11. The third-order valence-electron chi connectivity index (χ3n) is 7.20. The molecule has 0 aliphatic rings. The number of para-hydroxylation sites is 3. The fourth-order valence-corrected chi connectivity index (χ4v) is 7.35. The van der Waals surface area contributed by atoms with Gasteiger partial charge in [0.1, 0.15) is 11.5 Å². The maximum Gasteiger partial charge on any atom is 0.457 e. The van der Waals surface area contributed by atoms with Gasteiger partial charge in [-0.05, 0) is 74.3 Å². The van der Waals surface area contributed by atoms with Gasteiger partial charge in [-0.15, -0.1) is 0 Å². The van der Waals surface area contributed by atoms with Gasteiger partial charge in [0.05, 0.1) is 0 Å². The van der Waals surface area contributed by atoms with Crippen molar-refractivity contribution < 1.29 is 13.6 Å². The molecule has 194 valence electrons. The van der Waals surface area contributed by atoms with Crippen molar-refractivity contribution in [2.45, 2.75) is 5.78 Å². The Labute approximate surface area is 232 Å². The van der Waals surface area contributed by atoms with Crippen LogP contribution in [0.5, 0.6) is 11.5 Å². The van der Waals surface area contributed by atoms with E-state index in [1.165, 1.54) is 16.2 Å². The van der Waals surface area contributed by atoms with Crippen molar-refractivity contribution in [3.8, 4) is 11.5 Å². The summed E-state index contributed by atoms with van der Waals surface area (Å²) in [6, 6.07) is 47.2. The summed E-state index contributed by atoms with van der Waals surface area (Å²) < 4.78 is 27.9. The van der Waals surface area contributed by atoms with E-state index >= 15 is 4.57 Å². The van der Waals surface area contributed by atoms with Gasteiger partial charge in [-0.2, -0.15) is 0 Å². The van der Waals surface area contributed by atoms with Gasteiger partial charge in [-0.3, -0.25) is 0 Å². The zero-order chi connectivity index (χ0) is 26.9. The second kappa shape index (κ2) is 10.1. The first-order chi connectivity index (χ1) is 19.7. The van der Waals surface area contributed by atoms with E-state index in [0.29, 0.717) is 11.5 Å². The third-order valence-corrected chi connectivity index (χ3v) is 9.17. The van der Waals surface area contributed by atoms with Crippen LogP contribution in [0.2, 0.25) is 0 Å². The van der Waals surface area contributed by atoms with E-state index in [0.717, 1.165) is 27.4 Å². The van der Waals surface area contributed by atoms with Gasteiger partial charge in [-0.1, -0.05) is 109 Å². The van der Waals surface area contributed by atoms with E-state index in [4.69, 9.17) is 9.05 Å². The van der Waals surface area contributed by atoms with Crippen molar-refractivity contribution in [2.75, 3.05) is 5.32 Å². The van der Waals surface area contributed by atoms with Gasteiger partial charge in [0.15, 0.2) is 5.78 Å². The maximum absolute atomic E-state index is 15.2. The fourth-order valence-electron chi connectivity index (χ4n) is 5.40. The van der Waals surface area contributed by atoms with E-state index in [2.05, 4.69) is 53.8 Å². The molecular weight excluding hydrogens is 513 g/mol. The third kappa shape index (κ3) is 4.43. The van der Waals surface area contributed by atoms with Crippen LogP contribution in [0.15, 0.2) is 146 Å². The van der Waals surface area contributed by atoms with Gasteiger partial charge >= 0.3 is 7.60 Å². The minimum atomic E-state index is -3.96. The number of anilines is 1. The van der Waals surface area contributed by atoms with E-state index in [9.17, 15) is 0 Å². The van der Waals surface area contributed by atoms with Crippen LogP contribution in [0.25, 0.3) is 32.3 Å². The number of rotatable bonds is 8. The molecule has 1 atom stereocenters. The van der Waals surface area contributed by atoms with E-state index < -0.39 is 13.4 Å². The molecule has 40 heavy (non-hydrogen) atoms. The second-order valence-electron chi connectivity index (χ2n) is 9.77. The lowest BCUT2D eigenvalue weighted by atomic mass is 9.92. The van der Waals surface area contributed by atoms with Crippen LogP contribution in [0.1, 0.15) is 11.3 Å². The summed E-state index contributed by atoms with van der Waals surface area (Å²) in [5.41, 5.74) is 1.65. The van der Waals surface area contributed by atoms with Crippen molar-refractivity contribution >= 4 is 45.6 Å². The number of nitrogens with one attached hydrogen (secondary N) is 1. The first kappa shape index (κ1) is 24.3. The average molecular weight is 540 g/mol. The summed E-state index contributed by atoms with van der Waals surface area (Å²) in [7, 11) is -3.96. The molecule has 0 bridgehead atoms. The van der Waals surface area contributed by atoms with Crippen molar-refractivity contribution in [3.05, 3.63) is 151 Å². The van der Waals surface area contributed by atoms with Crippen molar-refractivity contribution in [3.63, 3.8) is 0 Å². The fraction of sp³-hybridized carbons (Fsp3) is 0.0286. The second-order valence-corrected chi connectivity index (χ2v) is 11.7. The van der Waals surface area contributed by atoms with Crippen LogP contribution >= 0.6 is 7.60 Å². The summed E-state index contributed by atoms with van der Waals surface area (Å²) in [5, 5.41) is 10.3. The molecule has 0 saturated heterocycles. The zero-order valence-corrected chi connectivity index (χ0v) is 22.5. The minimum absolute atomic E-state index is 0.472. The molecule has 0 radical (unpaired) electrons. The van der Waals surface area contributed by atoms with Crippen LogP contribution in [0, 0.1) is 0 Å². The first-order valence-corrected chi connectivity index (χ1v) is 14.9. The predicted octanol–water partition coefficient (Wildman–Crippen LogP) is 10.0. The highest BCUT2D eigenvalue weighted by Crippen LogP contribution is 2.61. The lowest BCUT2D eigenvalue weighted by Crippen LogP contribution is -2.18. The van der Waals surface area contributed by atoms with Gasteiger partial charge in [-0.25, -0.2) is 4.57 Å². The molecule has 7 rings (SSSR count). The lowest BCUT2D eigenvalue weighted by Gasteiger charge is -2.30. The number of benzene rings is 7. The molecule has 7 aromatic carbocycles. The molecule has 0 heterocycles. The monoisotopic (exact) mass is 539 g/mol. The Balaban J connectivity index is 1.47. The largest absolute Gasteiger partial charge is 0.457 e. The van der Waals surface area contributed by atoms with E-state index in [-0.39, 0.29) is 0 Å². The molecule has 0 fully saturated rings. The standard InChI is InChI=1S/C35H26NO3P/c37-40(38-29-15-6-2-7-16-29,39-30-17-8-3-9-18-30)35(36-28-13-4-1-5-14-28)32-24-22-27-20-19-25-11-10-12-26-21-23-31(32)34(27)33(25)26/h1-24,35-36H. The molecule has 0 aliphatic carbocycles. The molecule has 0 aliphatic heterocycles. The summed E-state index contributed by atoms with van der Waals surface area (Å²) >= 11 is 0. The van der Waals surface area contributed by atoms with Crippen LogP contribution in [-0.2, 0) is 4.57 Å². The molecule has 1 unspecified atom stereocenters. The minimum Gasteiger partial charge on any atom is -0.414 e. The maximum atomic E-state index is 15.2. The van der Waals surface area contributed by atoms with Crippen molar-refractivity contribution in [1.29, 1.82) is 0 Å². The van der Waals surface area contributed by atoms with Crippen LogP contribution in [-0.4, -0.2) is 0 Å². The van der Waals surface area contributed by atoms with E-state index in [1.807, 2.05) is 72.8 Å². The Morgan fingerprint density at radius 2 is 1.00 bits per heavy atom. The Hall–Kier alpha value is -4.79. The zero-order valence-electron chi connectivity index (χ0n) is 21.6. The average Bonchev–Trinajstić information content (AvgIpc) is 3.00. The molecule has 0 spiro atoms. The van der Waals surface area contributed by atoms with Gasteiger partial charge in [0, 0.05) is 5.69 Å². The van der Waals surface area contributed by atoms with Gasteiger partial charge in [0.2, 0.25) is 0 Å². The van der Waals surface area contributed by atoms with Gasteiger partial charge < -0.3 is 14.4 Å². The first-order valence-electron chi connectivity index (χ1n) is 13.2. The van der Waals surface area contributed by atoms with Crippen molar-refractivity contribution in [2.24, 2.45) is 0 Å². The van der Waals surface area contributed by atoms with Crippen LogP contribution in [0.4, 0.5) is 5.69 Å². The Morgan fingerprint density at radius 3 is 1.60 bits per heavy atom. The number of hydrogen-bond donors (Lipinski definition) is 1. The Morgan fingerprint density at radius 1 is 0.500 bits per heavy atom. The van der Waals surface area contributed by atoms with Crippen LogP contribution in [0.3, 0.4) is 0 Å². The summed E-state index contributed by atoms with van der Waals surface area (Å²) in [4.78, 5) is 0. The van der Waals surface area contributed by atoms with Crippen molar-refractivity contribution in [1.82, 2.24) is 0 Å². The predicted molar refractivity (Wildman–Crippen MR) is 165 cm³/mol. The van der Waals surface area contributed by atoms with Gasteiger partial charge in [0.25, 0.3) is 0 Å². The highest BCUT2D eigenvalue weighted by molar-refractivity contribution is 7.55. The molecule has 7 aromatic rings. The van der Waals surface area contributed by atoms with E-state index in [1.54, 1.807) is 24.3 Å². The molecule has 4 nitrogen and oxygen atoms in total. The molecule has 1 N–H and O–H groups in total. The lowest BCUT2D eigenvalue weighted by molar-refractivity contribution is 0.376. The normalized spacial score (nSPS) is 12.5. The molecular formula is C35H26NO3P. The molecule has 0 saturated carbocycles.